The van der Waals surface area contributed by atoms with Crippen LogP contribution in [0.25, 0.3) is 0 Å². The Hall–Kier alpha value is -2.74. The maximum absolute atomic E-state index is 13.9. The molecule has 0 unspecified atom stereocenters. The van der Waals surface area contributed by atoms with E-state index in [1.807, 2.05) is 44.2 Å². The Balaban J connectivity index is 1.85. The third-order valence-corrected chi connectivity index (χ3v) is 8.76. The molecule has 2 aromatic rings. The second-order valence-electron chi connectivity index (χ2n) is 11.2. The largest absolute Gasteiger partial charge is 0.441 e. The molecule has 2 aromatic carbocycles. The highest BCUT2D eigenvalue weighted by Gasteiger charge is 2.35. The van der Waals surface area contributed by atoms with Gasteiger partial charge in [0.05, 0.1) is 30.3 Å². The van der Waals surface area contributed by atoms with Crippen LogP contribution in [0.2, 0.25) is 0 Å². The Kier molecular flexibility index (Phi) is 12.4. The summed E-state index contributed by atoms with van der Waals surface area (Å²) in [7, 11) is -4.02. The molecule has 0 spiro atoms. The molecular formula is C29H44N4O7S. The molecule has 228 valence electrons. The highest BCUT2D eigenvalue weighted by Crippen LogP contribution is 2.28. The number of ether oxygens (including phenoxy) is 3. The van der Waals surface area contributed by atoms with E-state index in [0.717, 1.165) is 24.8 Å². The lowest BCUT2D eigenvalue weighted by atomic mass is 9.87. The van der Waals surface area contributed by atoms with Gasteiger partial charge in [-0.2, -0.15) is 4.31 Å². The van der Waals surface area contributed by atoms with Crippen LogP contribution in [-0.4, -0.2) is 81.8 Å². The number of nitrogens with two attached hydrogens (primary N) is 2. The Morgan fingerprint density at radius 3 is 2.41 bits per heavy atom. The fourth-order valence-corrected chi connectivity index (χ4v) is 6.35. The molecule has 0 saturated carbocycles. The number of benzene rings is 2. The van der Waals surface area contributed by atoms with Crippen LogP contribution in [0.3, 0.4) is 0 Å². The van der Waals surface area contributed by atoms with Gasteiger partial charge in [0.15, 0.2) is 6.10 Å². The molecule has 6 N–H and O–H groups in total. The van der Waals surface area contributed by atoms with Crippen molar-refractivity contribution in [1.29, 1.82) is 0 Å². The number of nitrogen functional groups attached to an aromatic ring is 1. The van der Waals surface area contributed by atoms with E-state index >= 15 is 0 Å². The molecule has 1 aliphatic rings. The van der Waals surface area contributed by atoms with Gasteiger partial charge >= 0.3 is 6.09 Å². The number of hydrogen-bond acceptors (Lipinski definition) is 9. The minimum atomic E-state index is -4.02. The van der Waals surface area contributed by atoms with Gasteiger partial charge in [0, 0.05) is 18.8 Å². The molecule has 0 bridgehead atoms. The molecule has 0 aromatic heterocycles. The first-order chi connectivity index (χ1) is 19.5. The lowest BCUT2D eigenvalue weighted by molar-refractivity contribution is -0.151. The van der Waals surface area contributed by atoms with Gasteiger partial charge in [0.25, 0.3) is 0 Å². The average molecular weight is 593 g/mol. The molecule has 1 saturated heterocycles. The third-order valence-electron chi connectivity index (χ3n) is 6.93. The van der Waals surface area contributed by atoms with Crippen molar-refractivity contribution in [2.75, 3.05) is 45.4 Å². The van der Waals surface area contributed by atoms with Gasteiger partial charge in [-0.25, -0.2) is 13.2 Å². The van der Waals surface area contributed by atoms with E-state index in [2.05, 4.69) is 5.32 Å². The standard InChI is InChI=1S/C29H44N4O7S/c1-29(2,14-6-7-15-30)20-33(41(36,37)25-12-10-23(31)11-13-25)17-27(34)26(16-22-8-4-3-5-9-22)32-28(35)40-24-18-38-21-39-19-24/h3-5,8-13,24,26-27,34H,6-7,14-21,30-31H2,1-2H3,(H,32,35)/t26-,27+/m0/s1. The number of nitrogens with zero attached hydrogens (tertiary/aromatic N) is 1. The Morgan fingerprint density at radius 2 is 1.78 bits per heavy atom. The van der Waals surface area contributed by atoms with Crippen molar-refractivity contribution in [3.8, 4) is 0 Å². The number of unbranched alkanes of at least 4 members (excludes halogenated alkanes) is 1. The number of amides is 1. The fraction of sp³-hybridized carbons (Fsp3) is 0.552. The molecule has 0 aliphatic carbocycles. The second kappa shape index (κ2) is 15.5. The van der Waals surface area contributed by atoms with E-state index in [1.165, 1.54) is 28.6 Å². The van der Waals surface area contributed by atoms with Crippen molar-refractivity contribution in [2.45, 2.75) is 62.7 Å². The summed E-state index contributed by atoms with van der Waals surface area (Å²) in [6.07, 6.45) is 0.0840. The van der Waals surface area contributed by atoms with Crippen LogP contribution in [0.5, 0.6) is 0 Å². The average Bonchev–Trinajstić information content (AvgIpc) is 2.93. The van der Waals surface area contributed by atoms with Crippen LogP contribution in [-0.2, 0) is 30.7 Å². The topological polar surface area (TPSA) is 166 Å². The van der Waals surface area contributed by atoms with Crippen molar-refractivity contribution >= 4 is 21.8 Å². The summed E-state index contributed by atoms with van der Waals surface area (Å²) in [5, 5.41) is 14.2. The number of carbonyl (C=O) groups excluding carboxylic acids is 1. The highest BCUT2D eigenvalue weighted by molar-refractivity contribution is 7.89. The van der Waals surface area contributed by atoms with E-state index in [1.54, 1.807) is 0 Å². The monoisotopic (exact) mass is 592 g/mol. The zero-order valence-electron chi connectivity index (χ0n) is 23.9. The first-order valence-electron chi connectivity index (χ1n) is 13.9. The Bertz CT molecular complexity index is 1170. The van der Waals surface area contributed by atoms with Crippen LogP contribution in [0, 0.1) is 5.41 Å². The van der Waals surface area contributed by atoms with E-state index in [-0.39, 0.29) is 44.4 Å². The predicted molar refractivity (Wildman–Crippen MR) is 156 cm³/mol. The van der Waals surface area contributed by atoms with E-state index < -0.39 is 39.8 Å². The summed E-state index contributed by atoms with van der Waals surface area (Å²) >= 11 is 0. The predicted octanol–water partition coefficient (Wildman–Crippen LogP) is 2.49. The zero-order valence-corrected chi connectivity index (χ0v) is 24.7. The number of anilines is 1. The van der Waals surface area contributed by atoms with Gasteiger partial charge in [0.1, 0.15) is 6.79 Å². The summed E-state index contributed by atoms with van der Waals surface area (Å²) in [5.41, 5.74) is 12.4. The molecule has 1 amide bonds. The maximum Gasteiger partial charge on any atom is 0.407 e. The van der Waals surface area contributed by atoms with Crippen LogP contribution in [0.4, 0.5) is 10.5 Å². The molecule has 41 heavy (non-hydrogen) atoms. The minimum absolute atomic E-state index is 0.0703. The minimum Gasteiger partial charge on any atom is -0.441 e. The Labute approximate surface area is 243 Å². The fourth-order valence-electron chi connectivity index (χ4n) is 4.70. The van der Waals surface area contributed by atoms with Crippen molar-refractivity contribution in [3.05, 3.63) is 60.2 Å². The van der Waals surface area contributed by atoms with Crippen molar-refractivity contribution in [3.63, 3.8) is 0 Å². The van der Waals surface area contributed by atoms with Crippen LogP contribution < -0.4 is 16.8 Å². The number of carbonyl (C=O) groups is 1. The maximum atomic E-state index is 13.9. The number of sulfonamides is 1. The van der Waals surface area contributed by atoms with E-state index in [9.17, 15) is 18.3 Å². The number of aliphatic hydroxyl groups excluding tert-OH is 1. The molecule has 3 rings (SSSR count). The van der Waals surface area contributed by atoms with Gasteiger partial charge in [-0.1, -0.05) is 50.6 Å². The summed E-state index contributed by atoms with van der Waals surface area (Å²) < 4.78 is 44.8. The molecule has 12 heteroatoms. The van der Waals surface area contributed by atoms with Gasteiger partial charge in [0.2, 0.25) is 10.0 Å². The molecule has 11 nitrogen and oxygen atoms in total. The molecule has 1 heterocycles. The van der Waals surface area contributed by atoms with Crippen LogP contribution in [0.15, 0.2) is 59.5 Å². The third kappa shape index (κ3) is 10.6. The lowest BCUT2D eigenvalue weighted by Gasteiger charge is -2.35. The number of nitrogens with one attached hydrogen (secondary N) is 1. The molecule has 0 radical (unpaired) electrons. The molecule has 1 aliphatic heterocycles. The summed E-state index contributed by atoms with van der Waals surface area (Å²) in [5.74, 6) is 0. The summed E-state index contributed by atoms with van der Waals surface area (Å²) in [6.45, 7) is 4.99. The highest BCUT2D eigenvalue weighted by atomic mass is 32.2. The van der Waals surface area contributed by atoms with Crippen molar-refractivity contribution in [2.24, 2.45) is 11.1 Å². The normalized spacial score (nSPS) is 16.3. The first kappa shape index (κ1) is 32.8. The Morgan fingerprint density at radius 1 is 1.12 bits per heavy atom. The number of hydrogen-bond donors (Lipinski definition) is 4. The van der Waals surface area contributed by atoms with E-state index in [0.29, 0.717) is 12.2 Å². The molecule has 1 fully saturated rings. The van der Waals surface area contributed by atoms with Gasteiger partial charge in [-0.15, -0.1) is 0 Å². The van der Waals surface area contributed by atoms with Crippen LogP contribution >= 0.6 is 0 Å². The first-order valence-corrected chi connectivity index (χ1v) is 15.3. The molecular weight excluding hydrogens is 548 g/mol. The number of aliphatic hydroxyl groups is 1. The van der Waals surface area contributed by atoms with Gasteiger partial charge in [-0.3, -0.25) is 0 Å². The molecule has 2 atom stereocenters. The number of alkyl carbamates (subject to hydrolysis) is 1. The zero-order chi connectivity index (χ0) is 29.9. The number of rotatable bonds is 15. The SMILES string of the molecule is CC(C)(CCCCN)CN(C[C@@H](O)[C@H](Cc1ccccc1)NC(=O)OC1COCOC1)S(=O)(=O)c1ccc(N)cc1. The van der Waals surface area contributed by atoms with Crippen molar-refractivity contribution in [1.82, 2.24) is 9.62 Å². The quantitative estimate of drug-likeness (QED) is 0.179. The van der Waals surface area contributed by atoms with Gasteiger partial charge in [-0.05, 0) is 61.1 Å². The van der Waals surface area contributed by atoms with Crippen LogP contribution in [0.1, 0.15) is 38.7 Å². The summed E-state index contributed by atoms with van der Waals surface area (Å²) in [6, 6.07) is 14.5. The van der Waals surface area contributed by atoms with Gasteiger partial charge < -0.3 is 36.1 Å². The van der Waals surface area contributed by atoms with E-state index in [4.69, 9.17) is 25.7 Å². The summed E-state index contributed by atoms with van der Waals surface area (Å²) in [4.78, 5) is 12.9. The lowest BCUT2D eigenvalue weighted by Crippen LogP contribution is -2.52. The van der Waals surface area contributed by atoms with Crippen molar-refractivity contribution < 1.29 is 32.5 Å². The smallest absolute Gasteiger partial charge is 0.407 e. The second-order valence-corrected chi connectivity index (χ2v) is 13.1.